The predicted molar refractivity (Wildman–Crippen MR) is 118 cm³/mol. The fraction of sp³-hybridized carbons (Fsp3) is 0.250. The zero-order valence-corrected chi connectivity index (χ0v) is 17.8. The number of amides is 3. The van der Waals surface area contributed by atoms with E-state index in [1.165, 1.54) is 4.90 Å². The number of hydrogen-bond acceptors (Lipinski definition) is 5. The first-order valence-electron chi connectivity index (χ1n) is 10.5. The van der Waals surface area contributed by atoms with Gasteiger partial charge in [0.2, 0.25) is 11.8 Å². The lowest BCUT2D eigenvalue weighted by molar-refractivity contribution is -0.138. The number of nitrogens with zero attached hydrogens (tertiary/aromatic N) is 3. The van der Waals surface area contributed by atoms with Gasteiger partial charge < -0.3 is 10.1 Å². The minimum atomic E-state index is -0.274. The predicted octanol–water partition coefficient (Wildman–Crippen LogP) is 2.82. The molecule has 0 bridgehead atoms. The number of carbonyl (C=O) groups is 3. The van der Waals surface area contributed by atoms with Crippen LogP contribution < -0.4 is 10.1 Å². The lowest BCUT2D eigenvalue weighted by atomic mass is 10.1. The molecule has 1 fully saturated rings. The Hall–Kier alpha value is -3.94. The van der Waals surface area contributed by atoms with Crippen molar-refractivity contribution in [2.45, 2.75) is 19.3 Å². The average Bonchev–Trinajstić information content (AvgIpc) is 3.41. The molecule has 164 valence electrons. The van der Waals surface area contributed by atoms with E-state index >= 15 is 0 Å². The van der Waals surface area contributed by atoms with E-state index in [1.54, 1.807) is 18.0 Å². The van der Waals surface area contributed by atoms with Crippen LogP contribution >= 0.6 is 0 Å². The molecule has 4 rings (SSSR count). The number of carbonyl (C=O) groups excluding carboxylic acids is 3. The van der Waals surface area contributed by atoms with Gasteiger partial charge >= 0.3 is 0 Å². The van der Waals surface area contributed by atoms with Crippen molar-refractivity contribution in [1.82, 2.24) is 20.0 Å². The number of methoxy groups -OCH3 is 1. The van der Waals surface area contributed by atoms with E-state index in [-0.39, 0.29) is 30.6 Å². The number of hydrogen-bond donors (Lipinski definition) is 1. The van der Waals surface area contributed by atoms with Crippen molar-refractivity contribution >= 4 is 17.7 Å². The van der Waals surface area contributed by atoms with Crippen molar-refractivity contribution in [3.05, 3.63) is 66.4 Å². The molecule has 3 amide bonds. The van der Waals surface area contributed by atoms with E-state index in [0.717, 1.165) is 11.3 Å². The van der Waals surface area contributed by atoms with E-state index in [4.69, 9.17) is 4.74 Å². The van der Waals surface area contributed by atoms with Crippen molar-refractivity contribution in [2.24, 2.45) is 0 Å². The summed E-state index contributed by atoms with van der Waals surface area (Å²) >= 11 is 0. The minimum absolute atomic E-state index is 0.147. The number of nitrogens with one attached hydrogen (secondary N) is 1. The summed E-state index contributed by atoms with van der Waals surface area (Å²) in [6.07, 6.45) is 2.74. The van der Waals surface area contributed by atoms with Gasteiger partial charge in [0.1, 0.15) is 11.4 Å². The Balaban J connectivity index is 1.53. The maximum Gasteiger partial charge on any atom is 0.255 e. The quantitative estimate of drug-likeness (QED) is 0.436. The maximum absolute atomic E-state index is 13.0. The van der Waals surface area contributed by atoms with E-state index in [1.807, 2.05) is 54.6 Å². The zero-order valence-electron chi connectivity index (χ0n) is 17.8. The van der Waals surface area contributed by atoms with Crippen LogP contribution in [-0.2, 0) is 9.59 Å². The smallest absolute Gasteiger partial charge is 0.255 e. The van der Waals surface area contributed by atoms with Crippen LogP contribution in [0.3, 0.4) is 0 Å². The molecule has 1 saturated heterocycles. The summed E-state index contributed by atoms with van der Waals surface area (Å²) in [5.41, 5.74) is 2.56. The number of aromatic nitrogens is 2. The zero-order chi connectivity index (χ0) is 22.5. The van der Waals surface area contributed by atoms with Gasteiger partial charge in [-0.05, 0) is 30.7 Å². The molecule has 1 aliphatic rings. The lowest BCUT2D eigenvalue weighted by Crippen LogP contribution is -2.33. The van der Waals surface area contributed by atoms with Gasteiger partial charge in [-0.15, -0.1) is 0 Å². The van der Waals surface area contributed by atoms with E-state index < -0.39 is 0 Å². The summed E-state index contributed by atoms with van der Waals surface area (Å²) in [7, 11) is 1.59. The molecular weight excluding hydrogens is 408 g/mol. The third kappa shape index (κ3) is 4.54. The van der Waals surface area contributed by atoms with Gasteiger partial charge in [-0.3, -0.25) is 19.3 Å². The Bertz CT molecular complexity index is 1120. The Morgan fingerprint density at radius 1 is 1.06 bits per heavy atom. The largest absolute Gasteiger partial charge is 0.497 e. The van der Waals surface area contributed by atoms with Crippen LogP contribution in [0.15, 0.2) is 60.8 Å². The van der Waals surface area contributed by atoms with Crippen molar-refractivity contribution in [1.29, 1.82) is 0 Å². The van der Waals surface area contributed by atoms with Gasteiger partial charge in [0.05, 0.1) is 18.4 Å². The van der Waals surface area contributed by atoms with E-state index in [9.17, 15) is 14.4 Å². The monoisotopic (exact) mass is 432 g/mol. The fourth-order valence-electron chi connectivity index (χ4n) is 3.64. The molecule has 8 heteroatoms. The Kier molecular flexibility index (Phi) is 6.30. The number of imide groups is 1. The molecule has 32 heavy (non-hydrogen) atoms. The van der Waals surface area contributed by atoms with E-state index in [0.29, 0.717) is 36.5 Å². The fourth-order valence-corrected chi connectivity index (χ4v) is 3.64. The highest BCUT2D eigenvalue weighted by atomic mass is 16.5. The molecule has 0 atom stereocenters. The van der Waals surface area contributed by atoms with E-state index in [2.05, 4.69) is 10.4 Å². The van der Waals surface area contributed by atoms with Crippen molar-refractivity contribution in [3.63, 3.8) is 0 Å². The highest BCUT2D eigenvalue weighted by Gasteiger charge is 2.28. The van der Waals surface area contributed by atoms with Crippen LogP contribution in [0.5, 0.6) is 5.75 Å². The van der Waals surface area contributed by atoms with Crippen LogP contribution in [0.2, 0.25) is 0 Å². The SMILES string of the molecule is COc1cccc(-c2nn(-c3ccccc3)cc2C(=O)NCCCN2C(=O)CCC2=O)c1. The summed E-state index contributed by atoms with van der Waals surface area (Å²) in [4.78, 5) is 37.7. The standard InChI is InChI=1S/C24H24N4O4/c1-32-19-10-5-7-17(15-19)23-20(16-28(26-23)18-8-3-2-4-9-18)24(31)25-13-6-14-27-21(29)11-12-22(27)30/h2-5,7-10,15-16H,6,11-14H2,1H3,(H,25,31). The van der Waals surface area contributed by atoms with Crippen LogP contribution in [0.25, 0.3) is 16.9 Å². The van der Waals surface area contributed by atoms with Gasteiger partial charge in [0.25, 0.3) is 5.91 Å². The Morgan fingerprint density at radius 3 is 2.53 bits per heavy atom. The first-order valence-corrected chi connectivity index (χ1v) is 10.5. The molecule has 0 spiro atoms. The highest BCUT2D eigenvalue weighted by Crippen LogP contribution is 2.27. The first-order chi connectivity index (χ1) is 15.6. The summed E-state index contributed by atoms with van der Waals surface area (Å²) in [5, 5.41) is 7.54. The van der Waals surface area contributed by atoms with Gasteiger partial charge in [-0.2, -0.15) is 5.10 Å². The summed E-state index contributed by atoms with van der Waals surface area (Å²) in [6, 6.07) is 16.9. The summed E-state index contributed by atoms with van der Waals surface area (Å²) in [6.45, 7) is 0.647. The van der Waals surface area contributed by atoms with Crippen LogP contribution in [0.4, 0.5) is 0 Å². The average molecular weight is 432 g/mol. The normalized spacial score (nSPS) is 13.5. The van der Waals surface area contributed by atoms with Gasteiger partial charge in [-0.1, -0.05) is 30.3 Å². The molecule has 1 aliphatic heterocycles. The van der Waals surface area contributed by atoms with Gasteiger partial charge in [0.15, 0.2) is 0 Å². The number of likely N-dealkylation sites (tertiary alicyclic amines) is 1. The van der Waals surface area contributed by atoms with Crippen LogP contribution in [0, 0.1) is 0 Å². The molecule has 0 saturated carbocycles. The third-order valence-electron chi connectivity index (χ3n) is 5.32. The van der Waals surface area contributed by atoms with Crippen molar-refractivity contribution in [3.8, 4) is 22.7 Å². The topological polar surface area (TPSA) is 93.5 Å². The molecule has 0 aliphatic carbocycles. The number of ether oxygens (including phenoxy) is 1. The van der Waals surface area contributed by atoms with Crippen LogP contribution in [0.1, 0.15) is 29.6 Å². The second kappa shape index (κ2) is 9.47. The second-order valence-corrected chi connectivity index (χ2v) is 7.45. The molecule has 1 N–H and O–H groups in total. The molecule has 0 radical (unpaired) electrons. The van der Waals surface area contributed by atoms with Crippen LogP contribution in [-0.4, -0.2) is 52.6 Å². The molecule has 3 aromatic rings. The van der Waals surface area contributed by atoms with Crippen molar-refractivity contribution in [2.75, 3.05) is 20.2 Å². The number of para-hydroxylation sites is 1. The number of benzene rings is 2. The molecular formula is C24H24N4O4. The molecule has 8 nitrogen and oxygen atoms in total. The third-order valence-corrected chi connectivity index (χ3v) is 5.32. The first kappa shape index (κ1) is 21.3. The lowest BCUT2D eigenvalue weighted by Gasteiger charge is -2.13. The van der Waals surface area contributed by atoms with Crippen molar-refractivity contribution < 1.29 is 19.1 Å². The Morgan fingerprint density at radius 2 is 1.81 bits per heavy atom. The molecule has 0 unspecified atom stereocenters. The molecule has 2 aromatic carbocycles. The Labute approximate surface area is 185 Å². The van der Waals surface area contributed by atoms with Gasteiger partial charge in [-0.25, -0.2) is 4.68 Å². The maximum atomic E-state index is 13.0. The molecule has 1 aromatic heterocycles. The second-order valence-electron chi connectivity index (χ2n) is 7.45. The van der Waals surface area contributed by atoms with Gasteiger partial charge in [0, 0.05) is 37.7 Å². The molecule has 2 heterocycles. The highest BCUT2D eigenvalue weighted by molar-refractivity contribution is 6.02. The summed E-state index contributed by atoms with van der Waals surface area (Å²) in [5.74, 6) is 0.101. The minimum Gasteiger partial charge on any atom is -0.497 e. The number of rotatable bonds is 8. The summed E-state index contributed by atoms with van der Waals surface area (Å²) < 4.78 is 6.99.